The monoisotopic (exact) mass is 477 g/mol. The molecule has 0 saturated heterocycles. The second-order valence-electron chi connectivity index (χ2n) is 9.86. The number of hydrogen-bond acceptors (Lipinski definition) is 5. The Morgan fingerprint density at radius 2 is 1.61 bits per heavy atom. The third kappa shape index (κ3) is 5.56. The van der Waals surface area contributed by atoms with Crippen molar-refractivity contribution in [1.82, 2.24) is 20.3 Å². The summed E-state index contributed by atoms with van der Waals surface area (Å²) < 4.78 is 6.29. The molecule has 36 heavy (non-hydrogen) atoms. The number of ether oxygens (including phenoxy) is 1. The summed E-state index contributed by atoms with van der Waals surface area (Å²) in [5.41, 5.74) is 6.15. The van der Waals surface area contributed by atoms with Crippen LogP contribution in [0.1, 0.15) is 37.5 Å². The molecule has 5 aromatic rings. The molecule has 0 saturated carbocycles. The van der Waals surface area contributed by atoms with Crippen molar-refractivity contribution in [3.8, 4) is 11.6 Å². The number of hydrogen-bond donors (Lipinski definition) is 3. The molecule has 6 heteroatoms. The lowest BCUT2D eigenvalue weighted by atomic mass is 9.86. The molecule has 0 aliphatic carbocycles. The Labute approximate surface area is 211 Å². The predicted molar refractivity (Wildman–Crippen MR) is 146 cm³/mol. The molecule has 0 unspecified atom stereocenters. The summed E-state index contributed by atoms with van der Waals surface area (Å²) in [4.78, 5) is 12.6. The van der Waals surface area contributed by atoms with E-state index in [1.807, 2.05) is 42.5 Å². The van der Waals surface area contributed by atoms with Crippen LogP contribution in [0.3, 0.4) is 0 Å². The van der Waals surface area contributed by atoms with Crippen LogP contribution < -0.4 is 15.4 Å². The van der Waals surface area contributed by atoms with Crippen LogP contribution in [-0.4, -0.2) is 15.0 Å². The molecule has 0 radical (unpaired) electrons. The van der Waals surface area contributed by atoms with E-state index in [9.17, 15) is 0 Å². The van der Waals surface area contributed by atoms with Gasteiger partial charge < -0.3 is 20.4 Å². The highest BCUT2D eigenvalue weighted by Crippen LogP contribution is 2.36. The molecule has 0 aliphatic rings. The van der Waals surface area contributed by atoms with Crippen LogP contribution in [0.15, 0.2) is 91.1 Å². The minimum atomic E-state index is -0.0502. The Morgan fingerprint density at radius 1 is 0.833 bits per heavy atom. The first-order valence-corrected chi connectivity index (χ1v) is 12.2. The molecule has 0 fully saturated rings. The fourth-order valence-corrected chi connectivity index (χ4v) is 4.15. The number of aromatic amines is 1. The largest absolute Gasteiger partial charge is 0.437 e. The number of aromatic nitrogens is 3. The molecule has 5 rings (SSSR count). The van der Waals surface area contributed by atoms with Crippen LogP contribution in [0.25, 0.3) is 11.0 Å². The van der Waals surface area contributed by atoms with E-state index in [1.54, 1.807) is 6.20 Å². The van der Waals surface area contributed by atoms with Crippen molar-refractivity contribution in [3.63, 3.8) is 0 Å². The van der Waals surface area contributed by atoms with Crippen LogP contribution >= 0.6 is 0 Å². The van der Waals surface area contributed by atoms with Crippen molar-refractivity contribution < 1.29 is 4.74 Å². The highest BCUT2D eigenvalue weighted by Gasteiger charge is 2.20. The van der Waals surface area contributed by atoms with E-state index in [0.717, 1.165) is 41.1 Å². The van der Waals surface area contributed by atoms with E-state index < -0.39 is 0 Å². The second kappa shape index (κ2) is 10.2. The zero-order valence-electron chi connectivity index (χ0n) is 20.9. The van der Waals surface area contributed by atoms with Gasteiger partial charge in [-0.25, -0.2) is 9.97 Å². The lowest BCUT2D eigenvalue weighted by Gasteiger charge is -2.22. The molecule has 0 bridgehead atoms. The lowest BCUT2D eigenvalue weighted by molar-refractivity contribution is 0.442. The zero-order chi connectivity index (χ0) is 25.0. The minimum absolute atomic E-state index is 0.0502. The molecule has 0 atom stereocenters. The van der Waals surface area contributed by atoms with Crippen LogP contribution in [0.2, 0.25) is 0 Å². The molecule has 3 N–H and O–H groups in total. The normalized spacial score (nSPS) is 11.5. The Balaban J connectivity index is 1.31. The van der Waals surface area contributed by atoms with Crippen LogP contribution in [-0.2, 0) is 18.5 Å². The number of benzene rings is 3. The van der Waals surface area contributed by atoms with Crippen molar-refractivity contribution in [2.75, 3.05) is 5.32 Å². The van der Waals surface area contributed by atoms with E-state index in [2.05, 4.69) is 83.8 Å². The van der Waals surface area contributed by atoms with E-state index in [0.29, 0.717) is 11.8 Å². The number of para-hydroxylation sites is 1. The van der Waals surface area contributed by atoms with E-state index in [4.69, 9.17) is 9.72 Å². The Hall–Kier alpha value is -4.16. The van der Waals surface area contributed by atoms with Gasteiger partial charge >= 0.3 is 0 Å². The topological polar surface area (TPSA) is 74.9 Å². The first kappa shape index (κ1) is 23.6. The van der Waals surface area contributed by atoms with Gasteiger partial charge in [0.15, 0.2) is 0 Å². The maximum atomic E-state index is 6.29. The standard InChI is InChI=1S/C30H31N5O/c1-30(2,3)23-12-7-8-14-27(23)36-28-25(13-9-17-32-28)34-29-33-24-16-15-22(18-26(24)35-29)20-31-19-21-10-5-4-6-11-21/h4-18,31H,19-20H2,1-3H3,(H2,33,34,35). The molecule has 0 amide bonds. The molecular weight excluding hydrogens is 446 g/mol. The molecule has 0 spiro atoms. The maximum absolute atomic E-state index is 6.29. The fraction of sp³-hybridized carbons (Fsp3) is 0.200. The summed E-state index contributed by atoms with van der Waals surface area (Å²) in [6, 6.07) is 28.6. The summed E-state index contributed by atoms with van der Waals surface area (Å²) in [5, 5.41) is 6.85. The summed E-state index contributed by atoms with van der Waals surface area (Å²) >= 11 is 0. The minimum Gasteiger partial charge on any atom is -0.437 e. The average Bonchev–Trinajstić information content (AvgIpc) is 3.27. The zero-order valence-corrected chi connectivity index (χ0v) is 20.9. The number of pyridine rings is 1. The number of nitrogens with zero attached hydrogens (tertiary/aromatic N) is 2. The summed E-state index contributed by atoms with van der Waals surface area (Å²) in [7, 11) is 0. The van der Waals surface area contributed by atoms with Gasteiger partial charge in [0.1, 0.15) is 11.4 Å². The first-order chi connectivity index (χ1) is 17.5. The van der Waals surface area contributed by atoms with E-state index in [-0.39, 0.29) is 5.41 Å². The Morgan fingerprint density at radius 3 is 2.44 bits per heavy atom. The van der Waals surface area contributed by atoms with Crippen LogP contribution in [0, 0.1) is 0 Å². The van der Waals surface area contributed by atoms with Crippen molar-refractivity contribution in [2.45, 2.75) is 39.3 Å². The van der Waals surface area contributed by atoms with Gasteiger partial charge in [-0.15, -0.1) is 0 Å². The highest BCUT2D eigenvalue weighted by molar-refractivity contribution is 5.79. The molecule has 3 aromatic carbocycles. The average molecular weight is 478 g/mol. The third-order valence-electron chi connectivity index (χ3n) is 5.97. The number of nitrogens with one attached hydrogen (secondary N) is 3. The van der Waals surface area contributed by atoms with Gasteiger partial charge in [-0.2, -0.15) is 0 Å². The second-order valence-corrected chi connectivity index (χ2v) is 9.86. The van der Waals surface area contributed by atoms with Crippen molar-refractivity contribution in [1.29, 1.82) is 0 Å². The van der Waals surface area contributed by atoms with Gasteiger partial charge in [0.2, 0.25) is 11.8 Å². The third-order valence-corrected chi connectivity index (χ3v) is 5.97. The van der Waals surface area contributed by atoms with Gasteiger partial charge in [0.25, 0.3) is 0 Å². The van der Waals surface area contributed by atoms with Crippen molar-refractivity contribution in [2.24, 2.45) is 0 Å². The van der Waals surface area contributed by atoms with Crippen LogP contribution in [0.4, 0.5) is 11.6 Å². The molecule has 0 aliphatic heterocycles. The van der Waals surface area contributed by atoms with Gasteiger partial charge in [-0.1, -0.05) is 75.4 Å². The summed E-state index contributed by atoms with van der Waals surface area (Å²) in [5.74, 6) is 1.94. The molecular formula is C30H31N5O. The number of H-pyrrole nitrogens is 1. The van der Waals surface area contributed by atoms with Gasteiger partial charge in [0, 0.05) is 24.8 Å². The smallest absolute Gasteiger partial charge is 0.243 e. The number of rotatable bonds is 8. The van der Waals surface area contributed by atoms with Gasteiger partial charge in [-0.3, -0.25) is 0 Å². The van der Waals surface area contributed by atoms with Crippen molar-refractivity contribution in [3.05, 3.63) is 108 Å². The fourth-order valence-electron chi connectivity index (χ4n) is 4.15. The van der Waals surface area contributed by atoms with Crippen molar-refractivity contribution >= 4 is 22.7 Å². The molecule has 2 aromatic heterocycles. The summed E-state index contributed by atoms with van der Waals surface area (Å²) in [6.45, 7) is 8.13. The van der Waals surface area contributed by atoms with E-state index >= 15 is 0 Å². The first-order valence-electron chi connectivity index (χ1n) is 12.2. The Bertz CT molecular complexity index is 1450. The van der Waals surface area contributed by atoms with E-state index in [1.165, 1.54) is 11.1 Å². The number of fused-ring (bicyclic) bond motifs is 1. The van der Waals surface area contributed by atoms with Crippen LogP contribution in [0.5, 0.6) is 11.6 Å². The highest BCUT2D eigenvalue weighted by atomic mass is 16.5. The predicted octanol–water partition coefficient (Wildman–Crippen LogP) is 7.08. The lowest BCUT2D eigenvalue weighted by Crippen LogP contribution is -2.12. The summed E-state index contributed by atoms with van der Waals surface area (Å²) in [6.07, 6.45) is 1.73. The number of anilines is 2. The molecule has 6 nitrogen and oxygen atoms in total. The van der Waals surface area contributed by atoms with Gasteiger partial charge in [-0.05, 0) is 46.9 Å². The maximum Gasteiger partial charge on any atom is 0.243 e. The SMILES string of the molecule is CC(C)(C)c1ccccc1Oc1ncccc1Nc1nc2ccc(CNCc3ccccc3)cc2[nH]1. The Kier molecular flexibility index (Phi) is 6.69. The molecule has 2 heterocycles. The number of imidazole rings is 1. The van der Waals surface area contributed by atoms with Gasteiger partial charge in [0.05, 0.1) is 11.0 Å². The molecule has 182 valence electrons. The quantitative estimate of drug-likeness (QED) is 0.223.